The molecule has 1 fully saturated rings. The molecule has 1 saturated heterocycles. The van der Waals surface area contributed by atoms with E-state index in [4.69, 9.17) is 9.16 Å². The molecular weight excluding hydrogens is 507 g/mol. The summed E-state index contributed by atoms with van der Waals surface area (Å²) in [5.41, 5.74) is -8.55. The summed E-state index contributed by atoms with van der Waals surface area (Å²) in [5, 5.41) is 9.62. The maximum absolute atomic E-state index is 12.9. The smallest absolute Gasteiger partial charge is 0.414 e. The quantitative estimate of drug-likeness (QED) is 0.168. The van der Waals surface area contributed by atoms with Crippen LogP contribution in [0.2, 0.25) is 18.1 Å². The first-order valence-corrected chi connectivity index (χ1v) is 14.3. The van der Waals surface area contributed by atoms with Crippen LogP contribution in [-0.4, -0.2) is 55.3 Å². The summed E-state index contributed by atoms with van der Waals surface area (Å²) in [7, 11) is -8.48. The lowest BCUT2D eigenvalue weighted by Gasteiger charge is -2.37. The molecule has 0 aliphatic carbocycles. The molecule has 0 aromatic carbocycles. The van der Waals surface area contributed by atoms with Crippen molar-refractivity contribution in [2.45, 2.75) is 76.2 Å². The Labute approximate surface area is 193 Å². The molecule has 0 spiro atoms. The lowest BCUT2D eigenvalue weighted by molar-refractivity contribution is -0.549. The molecule has 3 atom stereocenters. The average molecular weight is 534 g/mol. The van der Waals surface area contributed by atoms with Crippen LogP contribution in [0.1, 0.15) is 39.0 Å². The average Bonchev–Trinajstić information content (AvgIpc) is 3.03. The Morgan fingerprint density at radius 3 is 2.29 bits per heavy atom. The molecule has 0 bridgehead atoms. The van der Waals surface area contributed by atoms with E-state index in [2.05, 4.69) is 4.18 Å². The Balaban J connectivity index is 2.47. The van der Waals surface area contributed by atoms with Crippen molar-refractivity contribution < 1.29 is 40.0 Å². The summed E-state index contributed by atoms with van der Waals surface area (Å²) in [5.74, 6) is 0. The molecule has 1 aromatic heterocycles. The van der Waals surface area contributed by atoms with Crippen LogP contribution in [0, 0.1) is 17.0 Å². The van der Waals surface area contributed by atoms with Gasteiger partial charge in [0.05, 0.1) is 6.61 Å². The van der Waals surface area contributed by atoms with Crippen molar-refractivity contribution in [3.05, 3.63) is 42.7 Å². The number of ether oxygens (including phenoxy) is 1. The highest BCUT2D eigenvalue weighted by molar-refractivity contribution is 7.87. The number of halogens is 3. The molecule has 1 aliphatic rings. The van der Waals surface area contributed by atoms with Gasteiger partial charge in [-0.15, -0.1) is 0 Å². The number of nitro groups is 1. The van der Waals surface area contributed by atoms with E-state index >= 15 is 0 Å². The SMILES string of the molecule is Cc1cn([C@H]2C[C@H](OS(=O)(=O)C(F)(F)F)[C@@H](CO[Si](C)(C)C(C)(C)C)O2)c(=O)n([N+](=O)[O-])c1=O. The van der Waals surface area contributed by atoms with Gasteiger partial charge in [-0.05, 0) is 25.1 Å². The molecule has 12 nitrogen and oxygen atoms in total. The molecule has 194 valence electrons. The first-order chi connectivity index (χ1) is 15.2. The molecule has 34 heavy (non-hydrogen) atoms. The third-order valence-corrected chi connectivity index (χ3v) is 11.4. The molecule has 1 aromatic rings. The molecule has 0 saturated carbocycles. The Kier molecular flexibility index (Phi) is 7.60. The fourth-order valence-electron chi connectivity index (χ4n) is 2.88. The first-order valence-electron chi connectivity index (χ1n) is 9.98. The topological polar surface area (TPSA) is 149 Å². The number of aryl methyl sites for hydroxylation is 1. The summed E-state index contributed by atoms with van der Waals surface area (Å²) in [4.78, 5) is 35.6. The number of nitrogens with zero attached hydrogens (tertiary/aromatic N) is 3. The van der Waals surface area contributed by atoms with Crippen LogP contribution >= 0.6 is 0 Å². The van der Waals surface area contributed by atoms with E-state index in [0.717, 1.165) is 6.20 Å². The molecule has 0 unspecified atom stereocenters. The maximum atomic E-state index is 12.9. The van der Waals surface area contributed by atoms with Crippen molar-refractivity contribution in [2.24, 2.45) is 0 Å². The number of hydrogen-bond donors (Lipinski definition) is 0. The van der Waals surface area contributed by atoms with Crippen molar-refractivity contribution in [3.8, 4) is 0 Å². The normalized spacial score (nSPS) is 22.2. The summed E-state index contributed by atoms with van der Waals surface area (Å²) < 4.78 is 78.3. The Bertz CT molecular complexity index is 1170. The van der Waals surface area contributed by atoms with Gasteiger partial charge < -0.3 is 9.16 Å². The number of hydrogen-bond acceptors (Lipinski definition) is 9. The van der Waals surface area contributed by atoms with E-state index in [1.165, 1.54) is 6.92 Å². The molecule has 17 heteroatoms. The molecule has 0 N–H and O–H groups in total. The fraction of sp³-hybridized carbons (Fsp3) is 0.765. The van der Waals surface area contributed by atoms with Gasteiger partial charge in [-0.1, -0.05) is 20.8 Å². The summed E-state index contributed by atoms with van der Waals surface area (Å²) in [6.45, 7) is 10.3. The van der Waals surface area contributed by atoms with Gasteiger partial charge in [-0.2, -0.15) is 21.6 Å². The van der Waals surface area contributed by atoms with E-state index in [9.17, 15) is 41.3 Å². The molecule has 2 rings (SSSR count). The van der Waals surface area contributed by atoms with E-state index in [0.29, 0.717) is 4.57 Å². The summed E-state index contributed by atoms with van der Waals surface area (Å²) in [6.07, 6.45) is -4.18. The van der Waals surface area contributed by atoms with Crippen molar-refractivity contribution in [1.29, 1.82) is 0 Å². The van der Waals surface area contributed by atoms with Gasteiger partial charge in [0.1, 0.15) is 18.4 Å². The number of alkyl halides is 3. The van der Waals surface area contributed by atoms with Gasteiger partial charge in [-0.25, -0.2) is 14.9 Å². The highest BCUT2D eigenvalue weighted by Crippen LogP contribution is 2.39. The second-order valence-corrected chi connectivity index (χ2v) is 15.7. The summed E-state index contributed by atoms with van der Waals surface area (Å²) in [6, 6.07) is 0. The first kappa shape index (κ1) is 28.2. The van der Waals surface area contributed by atoms with E-state index < -0.39 is 65.1 Å². The largest absolute Gasteiger partial charge is 0.523 e. The van der Waals surface area contributed by atoms with Gasteiger partial charge >= 0.3 is 26.9 Å². The maximum Gasteiger partial charge on any atom is 0.523 e. The highest BCUT2D eigenvalue weighted by atomic mass is 32.2. The van der Waals surface area contributed by atoms with E-state index in [1.54, 1.807) is 0 Å². The monoisotopic (exact) mass is 533 g/mol. The van der Waals surface area contributed by atoms with Crippen molar-refractivity contribution in [3.63, 3.8) is 0 Å². The van der Waals surface area contributed by atoms with Crippen molar-refractivity contribution >= 4 is 18.4 Å². The van der Waals surface area contributed by atoms with Crippen molar-refractivity contribution in [1.82, 2.24) is 9.24 Å². The van der Waals surface area contributed by atoms with E-state index in [-0.39, 0.29) is 21.9 Å². The van der Waals surface area contributed by atoms with Crippen LogP contribution in [0.5, 0.6) is 0 Å². The minimum atomic E-state index is -6.02. The van der Waals surface area contributed by atoms with Crippen LogP contribution in [0.4, 0.5) is 13.2 Å². The highest BCUT2D eigenvalue weighted by Gasteiger charge is 2.52. The third-order valence-electron chi connectivity index (χ3n) is 5.87. The van der Waals surface area contributed by atoms with Crippen LogP contribution in [0.3, 0.4) is 0 Å². The van der Waals surface area contributed by atoms with Gasteiger partial charge in [0.2, 0.25) is 0 Å². The second-order valence-electron chi connectivity index (χ2n) is 9.33. The number of aromatic nitrogens is 2. The van der Waals surface area contributed by atoms with Crippen LogP contribution in [0.25, 0.3) is 0 Å². The Morgan fingerprint density at radius 1 is 1.26 bits per heavy atom. The Hall–Kier alpha value is -2.08. The van der Waals surface area contributed by atoms with Crippen LogP contribution < -0.4 is 11.2 Å². The minimum Gasteiger partial charge on any atom is -0.414 e. The standard InChI is InChI=1S/C17H26F3N3O9SSi/c1-10-8-21(15(25)22(14(10)24)23(26)27)13-7-11(32-33(28,29)17(18,19)20)12(31-13)9-30-34(5,6)16(2,3)4/h8,11-13H,7,9H2,1-6H3/t11-,12+,13+/m0/s1. The predicted octanol–water partition coefficient (Wildman–Crippen LogP) is 1.90. The summed E-state index contributed by atoms with van der Waals surface area (Å²) >= 11 is 0. The predicted molar refractivity (Wildman–Crippen MR) is 114 cm³/mol. The zero-order valence-corrected chi connectivity index (χ0v) is 21.1. The minimum absolute atomic E-state index is 0.221. The zero-order valence-electron chi connectivity index (χ0n) is 19.3. The zero-order chi connectivity index (χ0) is 26.4. The molecule has 2 heterocycles. The van der Waals surface area contributed by atoms with Crippen LogP contribution in [-0.2, 0) is 23.5 Å². The Morgan fingerprint density at radius 2 is 1.82 bits per heavy atom. The van der Waals surface area contributed by atoms with E-state index in [1.807, 2.05) is 33.9 Å². The van der Waals surface area contributed by atoms with Crippen LogP contribution in [0.15, 0.2) is 15.8 Å². The van der Waals surface area contributed by atoms with Gasteiger partial charge in [0.15, 0.2) is 13.3 Å². The fourth-order valence-corrected chi connectivity index (χ4v) is 4.53. The van der Waals surface area contributed by atoms with Gasteiger partial charge in [0, 0.05) is 22.9 Å². The third kappa shape index (κ3) is 5.59. The molecule has 0 radical (unpaired) electrons. The molecule has 0 amide bonds. The lowest BCUT2D eigenvalue weighted by Crippen LogP contribution is -2.45. The van der Waals surface area contributed by atoms with Gasteiger partial charge in [-0.3, -0.25) is 13.5 Å². The number of rotatable bonds is 7. The lowest BCUT2D eigenvalue weighted by atomic mass is 10.2. The molecular formula is C17H26F3N3O9SSi. The second kappa shape index (κ2) is 9.18. The van der Waals surface area contributed by atoms with Gasteiger partial charge in [0.25, 0.3) is 0 Å². The van der Waals surface area contributed by atoms with Crippen molar-refractivity contribution in [2.75, 3.05) is 6.61 Å². The molecule has 1 aliphatic heterocycles.